The summed E-state index contributed by atoms with van der Waals surface area (Å²) in [6, 6.07) is 4.35. The van der Waals surface area contributed by atoms with Gasteiger partial charge in [0, 0.05) is 4.88 Å². The Morgan fingerprint density at radius 2 is 2.07 bits per heavy atom. The zero-order chi connectivity index (χ0) is 10.9. The first-order valence-corrected chi connectivity index (χ1v) is 6.42. The number of aliphatic hydroxyl groups is 1. The van der Waals surface area contributed by atoms with Crippen LogP contribution in [0.5, 0.6) is 0 Å². The molecule has 1 heterocycles. The molecule has 1 N–H and O–H groups in total. The summed E-state index contributed by atoms with van der Waals surface area (Å²) in [5.41, 5.74) is 0.174. The molecule has 0 atom stereocenters. The molecule has 1 saturated carbocycles. The van der Waals surface area contributed by atoms with Gasteiger partial charge in [0.2, 0.25) is 0 Å². The van der Waals surface area contributed by atoms with E-state index in [-0.39, 0.29) is 11.6 Å². The molecule has 1 aromatic rings. The van der Waals surface area contributed by atoms with E-state index in [1.165, 1.54) is 4.88 Å². The van der Waals surface area contributed by atoms with Crippen LogP contribution in [0.1, 0.15) is 30.6 Å². The maximum absolute atomic E-state index is 9.61. The van der Waals surface area contributed by atoms with E-state index in [0.717, 1.165) is 25.7 Å². The molecular weight excluding hydrogens is 206 g/mol. The molecule has 0 saturated heterocycles. The lowest BCUT2D eigenvalue weighted by Crippen LogP contribution is -2.44. The Labute approximate surface area is 95.5 Å². The van der Waals surface area contributed by atoms with Gasteiger partial charge in [-0.25, -0.2) is 0 Å². The highest BCUT2D eigenvalue weighted by Crippen LogP contribution is 2.42. The topological polar surface area (TPSA) is 23.5 Å². The highest BCUT2D eigenvalue weighted by atomic mass is 32.1. The van der Waals surface area contributed by atoms with E-state index < -0.39 is 0 Å². The first kappa shape index (κ1) is 11.1. The third kappa shape index (κ3) is 1.96. The molecule has 0 amide bonds. The van der Waals surface area contributed by atoms with E-state index in [4.69, 9.17) is 0 Å². The van der Waals surface area contributed by atoms with E-state index in [1.54, 1.807) is 0 Å². The molecule has 84 valence electrons. The number of hydrogen-bond donors (Lipinski definition) is 1. The van der Waals surface area contributed by atoms with Crippen molar-refractivity contribution in [3.8, 4) is 0 Å². The Hall–Kier alpha value is -0.380. The lowest BCUT2D eigenvalue weighted by molar-refractivity contribution is 0.0331. The maximum Gasteiger partial charge on any atom is 0.0550 e. The van der Waals surface area contributed by atoms with Crippen LogP contribution in [-0.4, -0.2) is 30.2 Å². The molecule has 0 unspecified atom stereocenters. The van der Waals surface area contributed by atoms with Crippen molar-refractivity contribution in [1.82, 2.24) is 4.90 Å². The van der Waals surface area contributed by atoms with Crippen LogP contribution in [0.2, 0.25) is 0 Å². The van der Waals surface area contributed by atoms with Crippen molar-refractivity contribution in [3.63, 3.8) is 0 Å². The Morgan fingerprint density at radius 3 is 2.53 bits per heavy atom. The van der Waals surface area contributed by atoms with Crippen LogP contribution in [0.4, 0.5) is 0 Å². The maximum atomic E-state index is 9.61. The molecular formula is C12H19NOS. The monoisotopic (exact) mass is 225 g/mol. The predicted octanol–water partition coefficient (Wildman–Crippen LogP) is 2.44. The first-order valence-electron chi connectivity index (χ1n) is 5.55. The normalized spacial score (nSPS) is 32.1. The van der Waals surface area contributed by atoms with Gasteiger partial charge in [0.25, 0.3) is 0 Å². The number of aliphatic hydroxyl groups excluding tert-OH is 1. The average Bonchev–Trinajstić information content (AvgIpc) is 2.72. The molecule has 1 aliphatic rings. The van der Waals surface area contributed by atoms with Crippen LogP contribution in [0.25, 0.3) is 0 Å². The molecule has 1 fully saturated rings. The van der Waals surface area contributed by atoms with Gasteiger partial charge in [-0.2, -0.15) is 0 Å². The second kappa shape index (κ2) is 4.24. The lowest BCUT2D eigenvalue weighted by Gasteiger charge is -2.43. The number of hydrogen-bond acceptors (Lipinski definition) is 3. The lowest BCUT2D eigenvalue weighted by atomic mass is 9.78. The molecule has 1 aromatic heterocycles. The zero-order valence-corrected chi connectivity index (χ0v) is 10.3. The van der Waals surface area contributed by atoms with Crippen LogP contribution in [0.15, 0.2) is 17.5 Å². The largest absolute Gasteiger partial charge is 0.393 e. The Bertz CT molecular complexity index is 299. The summed E-state index contributed by atoms with van der Waals surface area (Å²) >= 11 is 1.83. The second-order valence-electron chi connectivity index (χ2n) is 4.63. The smallest absolute Gasteiger partial charge is 0.0550 e. The predicted molar refractivity (Wildman–Crippen MR) is 64.2 cm³/mol. The fourth-order valence-corrected chi connectivity index (χ4v) is 3.60. The number of nitrogens with zero attached hydrogens (tertiary/aromatic N) is 1. The molecule has 1 aliphatic carbocycles. The highest BCUT2D eigenvalue weighted by molar-refractivity contribution is 7.10. The minimum atomic E-state index is -0.0852. The third-order valence-electron chi connectivity index (χ3n) is 3.62. The Balaban J connectivity index is 2.26. The average molecular weight is 225 g/mol. The van der Waals surface area contributed by atoms with E-state index in [9.17, 15) is 5.11 Å². The van der Waals surface area contributed by atoms with Crippen LogP contribution in [0.3, 0.4) is 0 Å². The standard InChI is InChI=1S/C12H19NOS/c1-13(2)12(11-4-3-9-15-11)7-5-10(14)6-8-12/h3-4,9-10,14H,5-8H2,1-2H3. The van der Waals surface area contributed by atoms with Gasteiger partial charge in [-0.05, 0) is 51.2 Å². The molecule has 2 nitrogen and oxygen atoms in total. The molecule has 0 bridgehead atoms. The molecule has 2 rings (SSSR count). The Morgan fingerprint density at radius 1 is 1.40 bits per heavy atom. The third-order valence-corrected chi connectivity index (χ3v) is 4.68. The summed E-state index contributed by atoms with van der Waals surface area (Å²) in [6.07, 6.45) is 3.91. The summed E-state index contributed by atoms with van der Waals surface area (Å²) in [4.78, 5) is 3.77. The molecule has 3 heteroatoms. The van der Waals surface area contributed by atoms with Gasteiger partial charge >= 0.3 is 0 Å². The van der Waals surface area contributed by atoms with Crippen molar-refractivity contribution in [2.45, 2.75) is 37.3 Å². The Kier molecular flexibility index (Phi) is 3.14. The van der Waals surface area contributed by atoms with E-state index in [0.29, 0.717) is 0 Å². The summed E-state index contributed by atoms with van der Waals surface area (Å²) in [6.45, 7) is 0. The van der Waals surface area contributed by atoms with Gasteiger partial charge in [-0.1, -0.05) is 6.07 Å². The van der Waals surface area contributed by atoms with Gasteiger partial charge < -0.3 is 5.11 Å². The summed E-state index contributed by atoms with van der Waals surface area (Å²) in [5, 5.41) is 11.8. The van der Waals surface area contributed by atoms with Gasteiger partial charge in [0.05, 0.1) is 11.6 Å². The van der Waals surface area contributed by atoms with Gasteiger partial charge in [0.15, 0.2) is 0 Å². The number of rotatable bonds is 2. The van der Waals surface area contributed by atoms with Crippen molar-refractivity contribution in [2.75, 3.05) is 14.1 Å². The van der Waals surface area contributed by atoms with Crippen molar-refractivity contribution in [2.24, 2.45) is 0 Å². The SMILES string of the molecule is CN(C)C1(c2cccs2)CCC(O)CC1. The van der Waals surface area contributed by atoms with Crippen molar-refractivity contribution < 1.29 is 5.11 Å². The second-order valence-corrected chi connectivity index (χ2v) is 5.58. The summed E-state index contributed by atoms with van der Waals surface area (Å²) in [5.74, 6) is 0. The van der Waals surface area contributed by atoms with Crippen LogP contribution in [-0.2, 0) is 5.54 Å². The molecule has 0 aliphatic heterocycles. The van der Waals surface area contributed by atoms with Gasteiger partial charge in [-0.15, -0.1) is 11.3 Å². The summed E-state index contributed by atoms with van der Waals surface area (Å²) in [7, 11) is 4.30. The highest BCUT2D eigenvalue weighted by Gasteiger charge is 2.38. The quantitative estimate of drug-likeness (QED) is 0.835. The minimum absolute atomic E-state index is 0.0852. The minimum Gasteiger partial charge on any atom is -0.393 e. The zero-order valence-electron chi connectivity index (χ0n) is 9.44. The van der Waals surface area contributed by atoms with Crippen LogP contribution >= 0.6 is 11.3 Å². The van der Waals surface area contributed by atoms with Gasteiger partial charge in [0.1, 0.15) is 0 Å². The van der Waals surface area contributed by atoms with Crippen molar-refractivity contribution in [1.29, 1.82) is 0 Å². The van der Waals surface area contributed by atoms with Crippen molar-refractivity contribution >= 4 is 11.3 Å². The van der Waals surface area contributed by atoms with Crippen molar-refractivity contribution in [3.05, 3.63) is 22.4 Å². The van der Waals surface area contributed by atoms with Crippen LogP contribution in [0, 0.1) is 0 Å². The fraction of sp³-hybridized carbons (Fsp3) is 0.667. The number of thiophene rings is 1. The van der Waals surface area contributed by atoms with Crippen LogP contribution < -0.4 is 0 Å². The molecule has 0 spiro atoms. The fourth-order valence-electron chi connectivity index (χ4n) is 2.54. The summed E-state index contributed by atoms with van der Waals surface area (Å²) < 4.78 is 0. The molecule has 0 radical (unpaired) electrons. The molecule has 0 aromatic carbocycles. The first-order chi connectivity index (χ1) is 7.15. The molecule has 15 heavy (non-hydrogen) atoms. The van der Waals surface area contributed by atoms with Gasteiger partial charge in [-0.3, -0.25) is 4.90 Å². The van der Waals surface area contributed by atoms with E-state index >= 15 is 0 Å². The van der Waals surface area contributed by atoms with E-state index in [1.807, 2.05) is 11.3 Å². The van der Waals surface area contributed by atoms with E-state index in [2.05, 4.69) is 36.5 Å².